The van der Waals surface area contributed by atoms with Crippen LogP contribution < -0.4 is 9.47 Å². The van der Waals surface area contributed by atoms with Crippen LogP contribution >= 0.6 is 0 Å². The standard InChI is InChI=1S/C14H9F5O2/c1-20-6-4-3-5-7(21-2)8(6)9-10(15)12(17)14(19)13(18)11(9)16/h3-5H,1-2H3. The molecule has 0 saturated carbocycles. The minimum atomic E-state index is -2.22. The van der Waals surface area contributed by atoms with Gasteiger partial charge in [0.2, 0.25) is 5.82 Å². The molecule has 0 bridgehead atoms. The van der Waals surface area contributed by atoms with Crippen molar-refractivity contribution in [3.8, 4) is 22.6 Å². The maximum atomic E-state index is 13.9. The van der Waals surface area contributed by atoms with Gasteiger partial charge in [-0.2, -0.15) is 0 Å². The van der Waals surface area contributed by atoms with Crippen LogP contribution in [0.15, 0.2) is 18.2 Å². The molecular formula is C14H9F5O2. The van der Waals surface area contributed by atoms with Crippen molar-refractivity contribution in [2.24, 2.45) is 0 Å². The summed E-state index contributed by atoms with van der Waals surface area (Å²) in [5.41, 5.74) is -1.45. The van der Waals surface area contributed by atoms with E-state index in [9.17, 15) is 22.0 Å². The van der Waals surface area contributed by atoms with Gasteiger partial charge in [0.15, 0.2) is 23.3 Å². The summed E-state index contributed by atoms with van der Waals surface area (Å²) in [7, 11) is 2.40. The molecule has 21 heavy (non-hydrogen) atoms. The normalized spacial score (nSPS) is 10.6. The van der Waals surface area contributed by atoms with Crippen LogP contribution in [0.3, 0.4) is 0 Å². The van der Waals surface area contributed by atoms with Gasteiger partial charge in [0.05, 0.1) is 25.3 Å². The second-order valence-corrected chi connectivity index (χ2v) is 3.98. The van der Waals surface area contributed by atoms with Gasteiger partial charge in [-0.25, -0.2) is 22.0 Å². The summed E-state index contributed by atoms with van der Waals surface area (Å²) in [6.45, 7) is 0. The highest BCUT2D eigenvalue weighted by atomic mass is 19.2. The molecule has 2 aromatic carbocycles. The number of rotatable bonds is 3. The highest BCUT2D eigenvalue weighted by Crippen LogP contribution is 2.42. The van der Waals surface area contributed by atoms with Crippen LogP contribution in [-0.2, 0) is 0 Å². The topological polar surface area (TPSA) is 18.5 Å². The van der Waals surface area contributed by atoms with E-state index in [0.717, 1.165) is 0 Å². The van der Waals surface area contributed by atoms with Crippen molar-refractivity contribution in [2.45, 2.75) is 0 Å². The lowest BCUT2D eigenvalue weighted by atomic mass is 10.0. The number of benzene rings is 2. The van der Waals surface area contributed by atoms with Crippen LogP contribution in [0.5, 0.6) is 11.5 Å². The molecule has 2 rings (SSSR count). The first kappa shape index (κ1) is 15.1. The fourth-order valence-electron chi connectivity index (χ4n) is 1.92. The average molecular weight is 304 g/mol. The zero-order valence-corrected chi connectivity index (χ0v) is 10.9. The quantitative estimate of drug-likeness (QED) is 0.483. The van der Waals surface area contributed by atoms with Crippen molar-refractivity contribution in [2.75, 3.05) is 14.2 Å². The van der Waals surface area contributed by atoms with Crippen LogP contribution in [0.25, 0.3) is 11.1 Å². The lowest BCUT2D eigenvalue weighted by Crippen LogP contribution is -2.05. The van der Waals surface area contributed by atoms with Crippen molar-refractivity contribution < 1.29 is 31.4 Å². The molecule has 0 unspecified atom stereocenters. The Labute approximate surface area is 116 Å². The van der Waals surface area contributed by atoms with E-state index >= 15 is 0 Å². The fourth-order valence-corrected chi connectivity index (χ4v) is 1.92. The van der Waals surface area contributed by atoms with Crippen molar-refractivity contribution >= 4 is 0 Å². The predicted molar refractivity (Wildman–Crippen MR) is 64.8 cm³/mol. The molecule has 0 aliphatic carbocycles. The van der Waals surface area contributed by atoms with Crippen molar-refractivity contribution in [3.63, 3.8) is 0 Å². The molecule has 0 heterocycles. The molecular weight excluding hydrogens is 295 g/mol. The van der Waals surface area contributed by atoms with Crippen LogP contribution in [0, 0.1) is 29.1 Å². The lowest BCUT2D eigenvalue weighted by molar-refractivity contribution is 0.376. The molecule has 0 fully saturated rings. The Morgan fingerprint density at radius 3 is 1.38 bits per heavy atom. The van der Waals surface area contributed by atoms with E-state index in [-0.39, 0.29) is 17.1 Å². The summed E-state index contributed by atoms with van der Waals surface area (Å²) >= 11 is 0. The molecule has 7 heteroatoms. The molecule has 0 atom stereocenters. The molecule has 0 aromatic heterocycles. The minimum Gasteiger partial charge on any atom is -0.496 e. The third kappa shape index (κ3) is 2.28. The highest BCUT2D eigenvalue weighted by molar-refractivity contribution is 5.78. The summed E-state index contributed by atoms with van der Waals surface area (Å²) in [5, 5.41) is 0. The van der Waals surface area contributed by atoms with Crippen molar-refractivity contribution in [3.05, 3.63) is 47.3 Å². The molecule has 0 N–H and O–H groups in total. The Kier molecular flexibility index (Phi) is 4.02. The summed E-state index contributed by atoms with van der Waals surface area (Å²) in [4.78, 5) is 0. The zero-order valence-electron chi connectivity index (χ0n) is 10.9. The molecule has 0 saturated heterocycles. The maximum absolute atomic E-state index is 13.9. The molecule has 112 valence electrons. The smallest absolute Gasteiger partial charge is 0.200 e. The van der Waals surface area contributed by atoms with Crippen LogP contribution in [-0.4, -0.2) is 14.2 Å². The third-order valence-electron chi connectivity index (χ3n) is 2.89. The monoisotopic (exact) mass is 304 g/mol. The van der Waals surface area contributed by atoms with Gasteiger partial charge >= 0.3 is 0 Å². The van der Waals surface area contributed by atoms with Gasteiger partial charge in [-0.1, -0.05) is 6.07 Å². The van der Waals surface area contributed by atoms with E-state index < -0.39 is 34.6 Å². The number of halogens is 5. The number of ether oxygens (including phenoxy) is 2. The predicted octanol–water partition coefficient (Wildman–Crippen LogP) is 4.07. The van der Waals surface area contributed by atoms with Crippen LogP contribution in [0.1, 0.15) is 0 Å². The van der Waals surface area contributed by atoms with E-state index in [1.165, 1.54) is 32.4 Å². The average Bonchev–Trinajstić information content (AvgIpc) is 2.51. The first-order valence-electron chi connectivity index (χ1n) is 5.66. The number of hydrogen-bond acceptors (Lipinski definition) is 2. The Bertz CT molecular complexity index is 649. The lowest BCUT2D eigenvalue weighted by Gasteiger charge is -2.15. The van der Waals surface area contributed by atoms with Gasteiger partial charge in [-0.05, 0) is 12.1 Å². The van der Waals surface area contributed by atoms with Crippen LogP contribution in [0.2, 0.25) is 0 Å². The number of hydrogen-bond donors (Lipinski definition) is 0. The zero-order chi connectivity index (χ0) is 15.7. The SMILES string of the molecule is COc1cccc(OC)c1-c1c(F)c(F)c(F)c(F)c1F. The van der Waals surface area contributed by atoms with Gasteiger partial charge in [0.1, 0.15) is 11.5 Å². The Hall–Kier alpha value is -2.31. The Morgan fingerprint density at radius 2 is 1.00 bits per heavy atom. The van der Waals surface area contributed by atoms with E-state index in [2.05, 4.69) is 0 Å². The Morgan fingerprint density at radius 1 is 0.619 bits per heavy atom. The van der Waals surface area contributed by atoms with E-state index in [4.69, 9.17) is 9.47 Å². The van der Waals surface area contributed by atoms with Gasteiger partial charge in [-0.3, -0.25) is 0 Å². The van der Waals surface area contributed by atoms with Crippen molar-refractivity contribution in [1.82, 2.24) is 0 Å². The molecule has 0 spiro atoms. The summed E-state index contributed by atoms with van der Waals surface area (Å²) < 4.78 is 77.3. The fraction of sp³-hybridized carbons (Fsp3) is 0.143. The third-order valence-corrected chi connectivity index (χ3v) is 2.89. The van der Waals surface area contributed by atoms with Crippen molar-refractivity contribution in [1.29, 1.82) is 0 Å². The summed E-state index contributed by atoms with van der Waals surface area (Å²) in [6.07, 6.45) is 0. The van der Waals surface area contributed by atoms with E-state index in [0.29, 0.717) is 0 Å². The first-order valence-corrected chi connectivity index (χ1v) is 5.66. The minimum absolute atomic E-state index is 0.0856. The molecule has 0 amide bonds. The second-order valence-electron chi connectivity index (χ2n) is 3.98. The first-order chi connectivity index (χ1) is 9.93. The van der Waals surface area contributed by atoms with E-state index in [1.807, 2.05) is 0 Å². The maximum Gasteiger partial charge on any atom is 0.200 e. The molecule has 2 nitrogen and oxygen atoms in total. The van der Waals surface area contributed by atoms with Crippen LogP contribution in [0.4, 0.5) is 22.0 Å². The van der Waals surface area contributed by atoms with Gasteiger partial charge in [0, 0.05) is 0 Å². The number of methoxy groups -OCH3 is 2. The van der Waals surface area contributed by atoms with E-state index in [1.54, 1.807) is 0 Å². The largest absolute Gasteiger partial charge is 0.496 e. The Balaban J connectivity index is 2.92. The summed E-state index contributed by atoms with van der Waals surface area (Å²) in [5.74, 6) is -10.4. The summed E-state index contributed by atoms with van der Waals surface area (Å²) in [6, 6.07) is 4.08. The molecule has 0 aliphatic rings. The molecule has 0 radical (unpaired) electrons. The molecule has 2 aromatic rings. The van der Waals surface area contributed by atoms with Gasteiger partial charge < -0.3 is 9.47 Å². The highest BCUT2D eigenvalue weighted by Gasteiger charge is 2.29. The van der Waals surface area contributed by atoms with Gasteiger partial charge in [-0.15, -0.1) is 0 Å². The van der Waals surface area contributed by atoms with Gasteiger partial charge in [0.25, 0.3) is 0 Å². The molecule has 0 aliphatic heterocycles. The second kappa shape index (κ2) is 5.59.